The number of hydrogen-bond donors (Lipinski definition) is 1. The Balaban J connectivity index is 2.31. The van der Waals surface area contributed by atoms with Crippen molar-refractivity contribution in [3.05, 3.63) is 17.7 Å². The second kappa shape index (κ2) is 7.55. The standard InChI is InChI=1S/C17H25NO5/c1-18(12-7-5-6-8-13(12)19)17(20)11-9-14(21-2)16(23-4)15(10-11)22-3/h9-10,12-13,19H,5-8H2,1-4H3/t12-,13-/m0/s1. The molecule has 1 amide bonds. The summed E-state index contributed by atoms with van der Waals surface area (Å²) in [4.78, 5) is 14.4. The lowest BCUT2D eigenvalue weighted by atomic mass is 9.91. The lowest BCUT2D eigenvalue weighted by molar-refractivity contribution is 0.0267. The van der Waals surface area contributed by atoms with Gasteiger partial charge in [-0.3, -0.25) is 4.79 Å². The third kappa shape index (κ3) is 3.52. The zero-order valence-corrected chi connectivity index (χ0v) is 14.2. The molecule has 0 bridgehead atoms. The van der Waals surface area contributed by atoms with E-state index >= 15 is 0 Å². The second-order valence-corrected chi connectivity index (χ2v) is 5.75. The molecule has 0 saturated heterocycles. The molecule has 1 aliphatic rings. The summed E-state index contributed by atoms with van der Waals surface area (Å²) in [5, 5.41) is 10.2. The van der Waals surface area contributed by atoms with Gasteiger partial charge in [0.15, 0.2) is 11.5 Å². The van der Waals surface area contributed by atoms with Gasteiger partial charge in [0.25, 0.3) is 5.91 Å². The quantitative estimate of drug-likeness (QED) is 0.898. The summed E-state index contributed by atoms with van der Waals surface area (Å²) < 4.78 is 15.9. The molecule has 0 heterocycles. The van der Waals surface area contributed by atoms with Crippen LogP contribution < -0.4 is 14.2 Å². The number of aliphatic hydroxyl groups excluding tert-OH is 1. The van der Waals surface area contributed by atoms with Crippen molar-refractivity contribution < 1.29 is 24.1 Å². The number of amides is 1. The van der Waals surface area contributed by atoms with Gasteiger partial charge in [0.05, 0.1) is 33.5 Å². The second-order valence-electron chi connectivity index (χ2n) is 5.75. The minimum absolute atomic E-state index is 0.157. The first-order valence-corrected chi connectivity index (χ1v) is 7.78. The van der Waals surface area contributed by atoms with Crippen LogP contribution in [0.2, 0.25) is 0 Å². The van der Waals surface area contributed by atoms with Gasteiger partial charge >= 0.3 is 0 Å². The summed E-state index contributed by atoms with van der Waals surface area (Å²) in [6.45, 7) is 0. The van der Waals surface area contributed by atoms with Crippen molar-refractivity contribution in [3.8, 4) is 17.2 Å². The van der Waals surface area contributed by atoms with Gasteiger partial charge in [0.1, 0.15) is 0 Å². The van der Waals surface area contributed by atoms with Crippen LogP contribution in [0.3, 0.4) is 0 Å². The number of carbonyl (C=O) groups is 1. The van der Waals surface area contributed by atoms with Crippen LogP contribution in [0.25, 0.3) is 0 Å². The third-order valence-corrected chi connectivity index (χ3v) is 4.42. The van der Waals surface area contributed by atoms with Gasteiger partial charge in [0.2, 0.25) is 5.75 Å². The van der Waals surface area contributed by atoms with E-state index in [0.29, 0.717) is 22.8 Å². The van der Waals surface area contributed by atoms with Gasteiger partial charge in [-0.05, 0) is 25.0 Å². The van der Waals surface area contributed by atoms with Crippen molar-refractivity contribution in [2.45, 2.75) is 37.8 Å². The topological polar surface area (TPSA) is 68.2 Å². The van der Waals surface area contributed by atoms with Crippen LogP contribution in [0.15, 0.2) is 12.1 Å². The minimum atomic E-state index is -0.472. The minimum Gasteiger partial charge on any atom is -0.493 e. The first kappa shape index (κ1) is 17.4. The maximum Gasteiger partial charge on any atom is 0.254 e. The molecule has 0 spiro atoms. The number of nitrogens with zero attached hydrogens (tertiary/aromatic N) is 1. The number of ether oxygens (including phenoxy) is 3. The Hall–Kier alpha value is -1.95. The van der Waals surface area contributed by atoms with E-state index in [1.54, 1.807) is 24.1 Å². The molecule has 0 aromatic heterocycles. The zero-order chi connectivity index (χ0) is 17.0. The average molecular weight is 323 g/mol. The van der Waals surface area contributed by atoms with E-state index < -0.39 is 6.10 Å². The molecule has 0 unspecified atom stereocenters. The normalized spacial score (nSPS) is 20.7. The third-order valence-electron chi connectivity index (χ3n) is 4.42. The highest BCUT2D eigenvalue weighted by molar-refractivity contribution is 5.95. The zero-order valence-electron chi connectivity index (χ0n) is 14.2. The fraction of sp³-hybridized carbons (Fsp3) is 0.588. The summed E-state index contributed by atoms with van der Waals surface area (Å²) in [6, 6.07) is 3.11. The van der Waals surface area contributed by atoms with Crippen molar-refractivity contribution in [1.82, 2.24) is 4.90 Å². The van der Waals surface area contributed by atoms with Crippen LogP contribution in [0.5, 0.6) is 17.2 Å². The monoisotopic (exact) mass is 323 g/mol. The molecule has 6 nitrogen and oxygen atoms in total. The highest BCUT2D eigenvalue weighted by Gasteiger charge is 2.30. The molecule has 128 valence electrons. The maximum atomic E-state index is 12.8. The summed E-state index contributed by atoms with van der Waals surface area (Å²) in [5.74, 6) is 1.16. The number of hydrogen-bond acceptors (Lipinski definition) is 5. The number of methoxy groups -OCH3 is 3. The van der Waals surface area contributed by atoms with Gasteiger partial charge in [-0.1, -0.05) is 12.8 Å². The highest BCUT2D eigenvalue weighted by atomic mass is 16.5. The van der Waals surface area contributed by atoms with Crippen LogP contribution in [0.1, 0.15) is 36.0 Å². The predicted octanol–water partition coefficient (Wildman–Crippen LogP) is 2.09. The van der Waals surface area contributed by atoms with Crippen LogP contribution >= 0.6 is 0 Å². The molecule has 1 aromatic rings. The fourth-order valence-electron chi connectivity index (χ4n) is 3.10. The van der Waals surface area contributed by atoms with E-state index in [9.17, 15) is 9.90 Å². The molecular weight excluding hydrogens is 298 g/mol. The molecule has 1 fully saturated rings. The number of benzene rings is 1. The molecule has 2 atom stereocenters. The van der Waals surface area contributed by atoms with Crippen molar-refractivity contribution in [2.75, 3.05) is 28.4 Å². The van der Waals surface area contributed by atoms with E-state index in [0.717, 1.165) is 25.7 Å². The Morgan fingerprint density at radius 3 is 2.13 bits per heavy atom. The molecule has 6 heteroatoms. The lowest BCUT2D eigenvalue weighted by Gasteiger charge is -2.35. The van der Waals surface area contributed by atoms with Crippen LogP contribution in [0.4, 0.5) is 0 Å². The average Bonchev–Trinajstić information content (AvgIpc) is 2.59. The summed E-state index contributed by atoms with van der Waals surface area (Å²) in [7, 11) is 6.28. The van der Waals surface area contributed by atoms with Crippen molar-refractivity contribution in [2.24, 2.45) is 0 Å². The van der Waals surface area contributed by atoms with Crippen LogP contribution in [-0.4, -0.2) is 56.4 Å². The Morgan fingerprint density at radius 2 is 1.65 bits per heavy atom. The van der Waals surface area contributed by atoms with Gasteiger partial charge in [-0.15, -0.1) is 0 Å². The summed E-state index contributed by atoms with van der Waals surface area (Å²) in [5.41, 5.74) is 0.444. The molecule has 0 radical (unpaired) electrons. The first-order chi connectivity index (χ1) is 11.0. The number of carbonyl (C=O) groups excluding carboxylic acids is 1. The Morgan fingerprint density at radius 1 is 1.09 bits per heavy atom. The van der Waals surface area contributed by atoms with E-state index in [1.807, 2.05) is 0 Å². The molecule has 1 N–H and O–H groups in total. The van der Waals surface area contributed by atoms with E-state index in [4.69, 9.17) is 14.2 Å². The number of aliphatic hydroxyl groups is 1. The molecule has 23 heavy (non-hydrogen) atoms. The largest absolute Gasteiger partial charge is 0.493 e. The maximum absolute atomic E-state index is 12.8. The SMILES string of the molecule is COc1cc(C(=O)N(C)[C@H]2CCCC[C@@H]2O)cc(OC)c1OC. The Bertz CT molecular complexity index is 535. The van der Waals surface area contributed by atoms with E-state index in [-0.39, 0.29) is 11.9 Å². The fourth-order valence-corrected chi connectivity index (χ4v) is 3.10. The van der Waals surface area contributed by atoms with Gasteiger partial charge in [-0.2, -0.15) is 0 Å². The Kier molecular flexibility index (Phi) is 5.71. The molecule has 1 aromatic carbocycles. The smallest absolute Gasteiger partial charge is 0.254 e. The van der Waals surface area contributed by atoms with Crippen molar-refractivity contribution in [1.29, 1.82) is 0 Å². The molecule has 0 aliphatic heterocycles. The van der Waals surface area contributed by atoms with Crippen LogP contribution in [-0.2, 0) is 0 Å². The number of likely N-dealkylation sites (N-methyl/N-ethyl adjacent to an activating group) is 1. The molecule has 1 saturated carbocycles. The van der Waals surface area contributed by atoms with E-state index in [1.165, 1.54) is 21.3 Å². The lowest BCUT2D eigenvalue weighted by Crippen LogP contribution is -2.46. The van der Waals surface area contributed by atoms with Crippen LogP contribution in [0, 0.1) is 0 Å². The summed E-state index contributed by atoms with van der Waals surface area (Å²) in [6.07, 6.45) is 3.10. The number of rotatable bonds is 5. The Labute approximate surface area is 136 Å². The van der Waals surface area contributed by atoms with Gasteiger partial charge in [-0.25, -0.2) is 0 Å². The highest BCUT2D eigenvalue weighted by Crippen LogP contribution is 2.38. The van der Waals surface area contributed by atoms with Gasteiger partial charge < -0.3 is 24.2 Å². The molecule has 2 rings (SSSR count). The predicted molar refractivity (Wildman–Crippen MR) is 86.5 cm³/mol. The van der Waals surface area contributed by atoms with E-state index in [2.05, 4.69) is 0 Å². The van der Waals surface area contributed by atoms with Crippen molar-refractivity contribution >= 4 is 5.91 Å². The van der Waals surface area contributed by atoms with Gasteiger partial charge in [0, 0.05) is 12.6 Å². The molecular formula is C17H25NO5. The molecule has 1 aliphatic carbocycles. The van der Waals surface area contributed by atoms with Crippen molar-refractivity contribution in [3.63, 3.8) is 0 Å². The summed E-state index contributed by atoms with van der Waals surface area (Å²) >= 11 is 0. The first-order valence-electron chi connectivity index (χ1n) is 7.78.